The number of nitrogens with zero attached hydrogens (tertiary/aromatic N) is 3. The van der Waals surface area contributed by atoms with Gasteiger partial charge in [-0.2, -0.15) is 0 Å². The van der Waals surface area contributed by atoms with Crippen molar-refractivity contribution in [2.24, 2.45) is 0 Å². The van der Waals surface area contributed by atoms with E-state index in [1.54, 1.807) is 28.0 Å². The van der Waals surface area contributed by atoms with Crippen LogP contribution in [0.15, 0.2) is 18.2 Å². The van der Waals surface area contributed by atoms with Crippen molar-refractivity contribution in [3.8, 4) is 0 Å². The van der Waals surface area contributed by atoms with Crippen molar-refractivity contribution >= 4 is 56.7 Å². The topological polar surface area (TPSA) is 53.5 Å². The van der Waals surface area contributed by atoms with Crippen molar-refractivity contribution in [3.05, 3.63) is 28.2 Å². The largest absolute Gasteiger partial charge is 0.341 e. The highest BCUT2D eigenvalue weighted by molar-refractivity contribution is 8.00. The Morgan fingerprint density at radius 3 is 2.84 bits per heavy atom. The summed E-state index contributed by atoms with van der Waals surface area (Å²) in [5.41, 5.74) is 0.955. The highest BCUT2D eigenvalue weighted by Crippen LogP contribution is 2.34. The third kappa shape index (κ3) is 3.64. The number of benzene rings is 1. The molecule has 0 bridgehead atoms. The lowest BCUT2D eigenvalue weighted by Crippen LogP contribution is -2.44. The minimum Gasteiger partial charge on any atom is -0.341 e. The van der Waals surface area contributed by atoms with E-state index in [0.29, 0.717) is 22.6 Å². The Hall–Kier alpha value is -1.31. The molecule has 1 aromatic heterocycles. The fourth-order valence-electron chi connectivity index (χ4n) is 3.27. The van der Waals surface area contributed by atoms with Gasteiger partial charge in [0.2, 0.25) is 11.8 Å². The molecule has 132 valence electrons. The summed E-state index contributed by atoms with van der Waals surface area (Å²) in [6.07, 6.45) is 1.84. The van der Waals surface area contributed by atoms with Crippen LogP contribution in [0.25, 0.3) is 10.2 Å². The molecule has 0 atom stereocenters. The highest BCUT2D eigenvalue weighted by atomic mass is 35.5. The van der Waals surface area contributed by atoms with Gasteiger partial charge >= 0.3 is 0 Å². The number of rotatable bonds is 3. The molecule has 0 aliphatic carbocycles. The fourth-order valence-corrected chi connectivity index (χ4v) is 5.46. The van der Waals surface area contributed by atoms with Crippen molar-refractivity contribution in [1.29, 1.82) is 0 Å². The third-order valence-corrected chi connectivity index (χ3v) is 7.09. The molecule has 4 rings (SSSR count). The van der Waals surface area contributed by atoms with Gasteiger partial charge < -0.3 is 9.80 Å². The summed E-state index contributed by atoms with van der Waals surface area (Å²) in [4.78, 5) is 32.3. The van der Waals surface area contributed by atoms with Crippen LogP contribution in [0.1, 0.15) is 23.8 Å². The van der Waals surface area contributed by atoms with Crippen molar-refractivity contribution in [2.75, 3.05) is 31.3 Å². The lowest BCUT2D eigenvalue weighted by Gasteiger charge is -2.32. The molecular weight excluding hydrogens is 378 g/mol. The normalized spacial score (nSPS) is 19.2. The molecule has 2 fully saturated rings. The van der Waals surface area contributed by atoms with Gasteiger partial charge in [0.1, 0.15) is 6.54 Å². The zero-order valence-electron chi connectivity index (χ0n) is 13.6. The van der Waals surface area contributed by atoms with Gasteiger partial charge in [0, 0.05) is 24.0 Å². The van der Waals surface area contributed by atoms with Gasteiger partial charge in [0.15, 0.2) is 0 Å². The molecule has 0 N–H and O–H groups in total. The average Bonchev–Trinajstić information content (AvgIpc) is 3.21. The van der Waals surface area contributed by atoms with Gasteiger partial charge in [-0.1, -0.05) is 11.6 Å². The Bertz CT molecular complexity index is 817. The lowest BCUT2D eigenvalue weighted by atomic mass is 9.97. The highest BCUT2D eigenvalue weighted by Gasteiger charge is 2.29. The summed E-state index contributed by atoms with van der Waals surface area (Å²) in [5.74, 6) is 1.66. The molecule has 2 aliphatic rings. The molecule has 1 aromatic carbocycles. The fraction of sp³-hybridized carbons (Fsp3) is 0.471. The predicted octanol–water partition coefficient (Wildman–Crippen LogP) is 3.19. The second-order valence-corrected chi connectivity index (χ2v) is 8.84. The molecule has 0 saturated carbocycles. The summed E-state index contributed by atoms with van der Waals surface area (Å²) in [6.45, 7) is 1.68. The van der Waals surface area contributed by atoms with Gasteiger partial charge in [-0.15, -0.1) is 23.1 Å². The minimum atomic E-state index is 0.0605. The van der Waals surface area contributed by atoms with Gasteiger partial charge in [-0.05, 0) is 31.0 Å². The molecule has 2 amide bonds. The van der Waals surface area contributed by atoms with Crippen LogP contribution in [0, 0.1) is 0 Å². The Balaban J connectivity index is 1.37. The molecule has 8 heteroatoms. The number of amides is 2. The van der Waals surface area contributed by atoms with Crippen LogP contribution < -0.4 is 0 Å². The van der Waals surface area contributed by atoms with Crippen molar-refractivity contribution < 1.29 is 9.59 Å². The van der Waals surface area contributed by atoms with Crippen LogP contribution in [0.2, 0.25) is 5.02 Å². The molecule has 0 spiro atoms. The molecule has 2 saturated heterocycles. The smallest absolute Gasteiger partial charge is 0.242 e. The number of hydrogen-bond acceptors (Lipinski definition) is 5. The van der Waals surface area contributed by atoms with E-state index >= 15 is 0 Å². The van der Waals surface area contributed by atoms with E-state index in [1.807, 2.05) is 23.1 Å². The maximum absolute atomic E-state index is 12.4. The Morgan fingerprint density at radius 2 is 2.12 bits per heavy atom. The first-order valence-electron chi connectivity index (χ1n) is 8.29. The number of carbonyl (C=O) groups is 2. The zero-order chi connectivity index (χ0) is 17.4. The molecule has 0 unspecified atom stereocenters. The van der Waals surface area contributed by atoms with Crippen LogP contribution in [-0.2, 0) is 9.59 Å². The van der Waals surface area contributed by atoms with Gasteiger partial charge in [0.25, 0.3) is 0 Å². The van der Waals surface area contributed by atoms with Crippen molar-refractivity contribution in [1.82, 2.24) is 14.8 Å². The Kier molecular flexibility index (Phi) is 4.88. The van der Waals surface area contributed by atoms with Gasteiger partial charge in [0.05, 0.1) is 26.9 Å². The first-order valence-corrected chi connectivity index (χ1v) is 10.6. The summed E-state index contributed by atoms with van der Waals surface area (Å²) in [5, 5.41) is 1.84. The van der Waals surface area contributed by atoms with E-state index in [0.717, 1.165) is 41.2 Å². The summed E-state index contributed by atoms with van der Waals surface area (Å²) >= 11 is 9.33. The van der Waals surface area contributed by atoms with E-state index in [2.05, 4.69) is 0 Å². The first-order chi connectivity index (χ1) is 12.1. The molecule has 0 radical (unpaired) electrons. The number of carbonyl (C=O) groups excluding carboxylic acids is 2. The second kappa shape index (κ2) is 7.13. The summed E-state index contributed by atoms with van der Waals surface area (Å²) in [6, 6.07) is 5.81. The number of aromatic nitrogens is 1. The SMILES string of the molecule is O=C(CN1CSCC1=O)N1CCC(c2nc3cc(Cl)ccc3s2)CC1. The maximum atomic E-state index is 12.4. The second-order valence-electron chi connectivity index (χ2n) is 6.39. The number of thiazole rings is 1. The average molecular weight is 396 g/mol. The number of halogens is 1. The van der Waals surface area contributed by atoms with Crippen molar-refractivity contribution in [2.45, 2.75) is 18.8 Å². The molecule has 2 aliphatic heterocycles. The molecule has 2 aromatic rings. The summed E-state index contributed by atoms with van der Waals surface area (Å²) < 4.78 is 1.16. The van der Waals surface area contributed by atoms with E-state index in [9.17, 15) is 9.59 Å². The van der Waals surface area contributed by atoms with Crippen LogP contribution >= 0.6 is 34.7 Å². The quantitative estimate of drug-likeness (QED) is 0.800. The van der Waals surface area contributed by atoms with Gasteiger partial charge in [-0.25, -0.2) is 4.98 Å². The number of piperidine rings is 1. The Morgan fingerprint density at radius 1 is 1.32 bits per heavy atom. The molecule has 25 heavy (non-hydrogen) atoms. The molecular formula is C17H18ClN3O2S2. The van der Waals surface area contributed by atoms with Crippen LogP contribution in [-0.4, -0.2) is 57.9 Å². The molecule has 5 nitrogen and oxygen atoms in total. The van der Waals surface area contributed by atoms with E-state index in [1.165, 1.54) is 0 Å². The number of thioether (sulfide) groups is 1. The maximum Gasteiger partial charge on any atom is 0.242 e. The Labute approximate surface area is 159 Å². The zero-order valence-corrected chi connectivity index (χ0v) is 16.0. The van der Waals surface area contributed by atoms with Crippen LogP contribution in [0.4, 0.5) is 0 Å². The lowest BCUT2D eigenvalue weighted by molar-refractivity contribution is -0.138. The van der Waals surface area contributed by atoms with Crippen LogP contribution in [0.3, 0.4) is 0 Å². The number of fused-ring (bicyclic) bond motifs is 1. The summed E-state index contributed by atoms with van der Waals surface area (Å²) in [7, 11) is 0. The van der Waals surface area contributed by atoms with E-state index in [-0.39, 0.29) is 18.4 Å². The first kappa shape index (κ1) is 17.1. The molecule has 3 heterocycles. The van der Waals surface area contributed by atoms with Crippen LogP contribution in [0.5, 0.6) is 0 Å². The van der Waals surface area contributed by atoms with Gasteiger partial charge in [-0.3, -0.25) is 9.59 Å². The standard InChI is InChI=1S/C17H18ClN3O2S2/c18-12-1-2-14-13(7-12)19-17(25-14)11-3-5-20(6-4-11)15(22)8-21-10-24-9-16(21)23/h1-2,7,11H,3-6,8-10H2. The number of hydrogen-bond donors (Lipinski definition) is 0. The third-order valence-electron chi connectivity index (χ3n) is 4.71. The van der Waals surface area contributed by atoms with E-state index in [4.69, 9.17) is 16.6 Å². The van der Waals surface area contributed by atoms with E-state index < -0.39 is 0 Å². The monoisotopic (exact) mass is 395 g/mol. The predicted molar refractivity (Wildman–Crippen MR) is 102 cm³/mol. The minimum absolute atomic E-state index is 0.0605. The van der Waals surface area contributed by atoms with Crippen molar-refractivity contribution in [3.63, 3.8) is 0 Å². The number of likely N-dealkylation sites (tertiary alicyclic amines) is 1.